The van der Waals surface area contributed by atoms with Gasteiger partial charge in [-0.3, -0.25) is 0 Å². The van der Waals surface area contributed by atoms with Crippen molar-refractivity contribution in [3.8, 4) is 5.75 Å². The lowest BCUT2D eigenvalue weighted by atomic mass is 10.0. The summed E-state index contributed by atoms with van der Waals surface area (Å²) in [5, 5.41) is 0. The number of unbranched alkanes of at least 4 members (excludes halogenated alkanes) is 2. The summed E-state index contributed by atoms with van der Waals surface area (Å²) in [6.07, 6.45) is 6.66. The molecule has 0 heterocycles. The second kappa shape index (κ2) is 14.3. The Morgan fingerprint density at radius 1 is 0.742 bits per heavy atom. The minimum atomic E-state index is 0.595. The zero-order valence-electron chi connectivity index (χ0n) is 20.3. The molecule has 0 aliphatic heterocycles. The number of hydrogen-bond acceptors (Lipinski definition) is 2. The van der Waals surface area contributed by atoms with E-state index in [1.807, 2.05) is 30.3 Å². The molecule has 0 N–H and O–H groups in total. The van der Waals surface area contributed by atoms with E-state index in [0.29, 0.717) is 19.3 Å². The largest absolute Gasteiger partial charge is 0.491 e. The predicted molar refractivity (Wildman–Crippen MR) is 131 cm³/mol. The fourth-order valence-corrected chi connectivity index (χ4v) is 4.05. The molecule has 0 radical (unpaired) electrons. The number of para-hydroxylation sites is 1. The van der Waals surface area contributed by atoms with Gasteiger partial charge in [0, 0.05) is 5.56 Å². The Kier molecular flexibility index (Phi) is 11.7. The van der Waals surface area contributed by atoms with E-state index in [1.165, 1.54) is 37.7 Å². The fourth-order valence-electron chi connectivity index (χ4n) is 4.05. The monoisotopic (exact) mass is 426 g/mol. The molecular weight excluding hydrogens is 382 g/mol. The number of quaternary nitrogens is 1. The molecule has 0 spiro atoms. The van der Waals surface area contributed by atoms with Crippen molar-refractivity contribution >= 4 is 0 Å². The van der Waals surface area contributed by atoms with Crippen molar-refractivity contribution in [2.24, 2.45) is 5.92 Å². The molecule has 0 fully saturated rings. The van der Waals surface area contributed by atoms with Crippen molar-refractivity contribution in [2.45, 2.75) is 65.5 Å². The molecule has 2 aromatic carbocycles. The Labute approximate surface area is 191 Å². The molecule has 0 aromatic heterocycles. The van der Waals surface area contributed by atoms with Crippen LogP contribution in [-0.4, -0.2) is 43.9 Å². The van der Waals surface area contributed by atoms with Gasteiger partial charge in [-0.2, -0.15) is 0 Å². The lowest BCUT2D eigenvalue weighted by Gasteiger charge is -2.40. The van der Waals surface area contributed by atoms with Gasteiger partial charge < -0.3 is 14.0 Å². The van der Waals surface area contributed by atoms with Crippen LogP contribution in [-0.2, 0) is 11.3 Å². The maximum Gasteiger partial charge on any atom is 0.119 e. The standard InChI is InChI=1S/C28H44NO2/c1-25(2)14-8-5-9-15-26(3)29(4,24-27-16-10-6-11-17-27)20-21-30-22-23-31-28-18-12-7-13-19-28/h6-7,10-13,16-19,25-26H,5,8-9,14-15,20-24H2,1-4H3/q+1. The van der Waals surface area contributed by atoms with E-state index in [-0.39, 0.29) is 0 Å². The van der Waals surface area contributed by atoms with Crippen LogP contribution in [0.1, 0.15) is 58.4 Å². The Bertz CT molecular complexity index is 689. The third kappa shape index (κ3) is 10.3. The van der Waals surface area contributed by atoms with E-state index in [1.54, 1.807) is 0 Å². The van der Waals surface area contributed by atoms with Gasteiger partial charge in [0.05, 0.1) is 26.3 Å². The minimum Gasteiger partial charge on any atom is -0.491 e. The molecule has 0 aliphatic rings. The van der Waals surface area contributed by atoms with Crippen LogP contribution in [0.3, 0.4) is 0 Å². The second-order valence-electron chi connectivity index (χ2n) is 9.50. The summed E-state index contributed by atoms with van der Waals surface area (Å²) in [4.78, 5) is 0. The molecule has 2 rings (SSSR count). The van der Waals surface area contributed by atoms with Crippen molar-refractivity contribution in [1.82, 2.24) is 0 Å². The highest BCUT2D eigenvalue weighted by atomic mass is 16.5. The van der Waals surface area contributed by atoms with E-state index in [4.69, 9.17) is 9.47 Å². The first-order valence-corrected chi connectivity index (χ1v) is 12.1. The number of ether oxygens (including phenoxy) is 2. The molecule has 172 valence electrons. The van der Waals surface area contributed by atoms with Gasteiger partial charge >= 0.3 is 0 Å². The summed E-state index contributed by atoms with van der Waals surface area (Å²) < 4.78 is 12.7. The zero-order valence-corrected chi connectivity index (χ0v) is 20.3. The first-order chi connectivity index (χ1) is 15.0. The van der Waals surface area contributed by atoms with Crippen molar-refractivity contribution in [3.05, 3.63) is 66.2 Å². The van der Waals surface area contributed by atoms with Gasteiger partial charge in [0.2, 0.25) is 0 Å². The van der Waals surface area contributed by atoms with E-state index < -0.39 is 0 Å². The molecule has 0 amide bonds. The third-order valence-electron chi connectivity index (χ3n) is 6.34. The Morgan fingerprint density at radius 2 is 1.39 bits per heavy atom. The Balaban J connectivity index is 1.79. The van der Waals surface area contributed by atoms with Crippen LogP contribution in [0, 0.1) is 5.92 Å². The van der Waals surface area contributed by atoms with E-state index in [2.05, 4.69) is 58.2 Å². The van der Waals surface area contributed by atoms with Crippen LogP contribution >= 0.6 is 0 Å². The van der Waals surface area contributed by atoms with Crippen molar-refractivity contribution in [3.63, 3.8) is 0 Å². The van der Waals surface area contributed by atoms with Gasteiger partial charge in [-0.1, -0.05) is 81.6 Å². The van der Waals surface area contributed by atoms with Gasteiger partial charge in [-0.15, -0.1) is 0 Å². The lowest BCUT2D eigenvalue weighted by Crippen LogP contribution is -2.52. The Hall–Kier alpha value is -1.84. The third-order valence-corrected chi connectivity index (χ3v) is 6.34. The van der Waals surface area contributed by atoms with Gasteiger partial charge in [0.15, 0.2) is 0 Å². The minimum absolute atomic E-state index is 0.595. The molecule has 0 aliphatic carbocycles. The maximum absolute atomic E-state index is 5.97. The first kappa shape index (κ1) is 25.4. The number of likely N-dealkylation sites (N-methyl/N-ethyl adjacent to an activating group) is 1. The van der Waals surface area contributed by atoms with Crippen LogP contribution in [0.4, 0.5) is 0 Å². The zero-order chi connectivity index (χ0) is 22.4. The number of nitrogens with zero attached hydrogens (tertiary/aromatic N) is 1. The summed E-state index contributed by atoms with van der Waals surface area (Å²) in [5.74, 6) is 1.72. The molecular formula is C28H44NO2+. The van der Waals surface area contributed by atoms with Crippen LogP contribution in [0.25, 0.3) is 0 Å². The van der Waals surface area contributed by atoms with Crippen LogP contribution < -0.4 is 4.74 Å². The van der Waals surface area contributed by atoms with Crippen LogP contribution in [0.15, 0.2) is 60.7 Å². The number of rotatable bonds is 16. The summed E-state index contributed by atoms with van der Waals surface area (Å²) in [6, 6.07) is 21.5. The highest BCUT2D eigenvalue weighted by Gasteiger charge is 2.29. The molecule has 2 unspecified atom stereocenters. The number of benzene rings is 2. The van der Waals surface area contributed by atoms with Crippen molar-refractivity contribution in [1.29, 1.82) is 0 Å². The van der Waals surface area contributed by atoms with Gasteiger partial charge in [-0.05, 0) is 37.8 Å². The summed E-state index contributed by atoms with van der Waals surface area (Å²) >= 11 is 0. The topological polar surface area (TPSA) is 18.5 Å². The normalized spacial score (nSPS) is 14.4. The fraction of sp³-hybridized carbons (Fsp3) is 0.571. The van der Waals surface area contributed by atoms with Crippen LogP contribution in [0.2, 0.25) is 0 Å². The molecule has 2 atom stereocenters. The van der Waals surface area contributed by atoms with E-state index in [0.717, 1.165) is 35.8 Å². The molecule has 3 nitrogen and oxygen atoms in total. The molecule has 3 heteroatoms. The second-order valence-corrected chi connectivity index (χ2v) is 9.50. The molecule has 2 aromatic rings. The van der Waals surface area contributed by atoms with E-state index >= 15 is 0 Å². The van der Waals surface area contributed by atoms with Gasteiger partial charge in [-0.25, -0.2) is 0 Å². The highest BCUT2D eigenvalue weighted by molar-refractivity contribution is 5.20. The summed E-state index contributed by atoms with van der Waals surface area (Å²) in [5.41, 5.74) is 1.41. The maximum atomic E-state index is 5.97. The Morgan fingerprint density at radius 3 is 2.06 bits per heavy atom. The quantitative estimate of drug-likeness (QED) is 0.219. The average Bonchev–Trinajstić information content (AvgIpc) is 2.77. The number of hydrogen-bond donors (Lipinski definition) is 0. The smallest absolute Gasteiger partial charge is 0.119 e. The first-order valence-electron chi connectivity index (χ1n) is 12.1. The van der Waals surface area contributed by atoms with Crippen molar-refractivity contribution in [2.75, 3.05) is 33.4 Å². The molecule has 0 saturated heterocycles. The SMILES string of the molecule is CC(C)CCCCCC(C)[N+](C)(CCOCCOc1ccccc1)Cc1ccccc1. The molecule has 0 saturated carbocycles. The predicted octanol–water partition coefficient (Wildman–Crippen LogP) is 6.72. The van der Waals surface area contributed by atoms with Gasteiger partial charge in [0.1, 0.15) is 25.4 Å². The summed E-state index contributed by atoms with van der Waals surface area (Å²) in [7, 11) is 2.40. The lowest BCUT2D eigenvalue weighted by molar-refractivity contribution is -0.945. The molecule has 0 bridgehead atoms. The van der Waals surface area contributed by atoms with Crippen molar-refractivity contribution < 1.29 is 14.0 Å². The van der Waals surface area contributed by atoms with E-state index in [9.17, 15) is 0 Å². The average molecular weight is 427 g/mol. The molecule has 31 heavy (non-hydrogen) atoms. The van der Waals surface area contributed by atoms with Gasteiger partial charge in [0.25, 0.3) is 0 Å². The highest BCUT2D eigenvalue weighted by Crippen LogP contribution is 2.22. The summed E-state index contributed by atoms with van der Waals surface area (Å²) in [6.45, 7) is 11.1. The van der Waals surface area contributed by atoms with Crippen LogP contribution in [0.5, 0.6) is 5.75 Å².